The molecule has 1 aromatic carbocycles. The summed E-state index contributed by atoms with van der Waals surface area (Å²) in [5.41, 5.74) is 2.61. The van der Waals surface area contributed by atoms with Crippen LogP contribution in [0.4, 0.5) is 5.82 Å². The van der Waals surface area contributed by atoms with Crippen molar-refractivity contribution in [1.82, 2.24) is 14.3 Å². The summed E-state index contributed by atoms with van der Waals surface area (Å²) in [4.78, 5) is 20.5. The monoisotopic (exact) mass is 386 g/mol. The number of methoxy groups -OCH3 is 1. The zero-order chi connectivity index (χ0) is 19.9. The first-order valence-corrected chi connectivity index (χ1v) is 9.60. The van der Waals surface area contributed by atoms with Gasteiger partial charge in [0.25, 0.3) is 5.91 Å². The molecule has 3 rings (SSSR count). The lowest BCUT2D eigenvalue weighted by Crippen LogP contribution is -2.27. The molecule has 2 aromatic heterocycles. The van der Waals surface area contributed by atoms with E-state index in [0.717, 1.165) is 33.5 Å². The lowest BCUT2D eigenvalue weighted by Gasteiger charge is -2.23. The number of imidazole rings is 1. The van der Waals surface area contributed by atoms with Crippen molar-refractivity contribution < 1.29 is 9.53 Å². The van der Waals surface area contributed by atoms with E-state index in [1.807, 2.05) is 35.6 Å². The molecule has 1 N–H and O–H groups in total. The van der Waals surface area contributed by atoms with Gasteiger partial charge in [-0.2, -0.15) is 0 Å². The smallest absolute Gasteiger partial charge is 0.265 e. The highest BCUT2D eigenvalue weighted by atomic mass is 32.1. The predicted molar refractivity (Wildman–Crippen MR) is 111 cm³/mol. The number of fused-ring (bicyclic) bond motifs is 1. The first-order valence-electron chi connectivity index (χ1n) is 8.78. The largest absolute Gasteiger partial charge is 0.497 e. The van der Waals surface area contributed by atoms with Gasteiger partial charge in [0.2, 0.25) is 0 Å². The van der Waals surface area contributed by atoms with Crippen molar-refractivity contribution in [1.29, 1.82) is 0 Å². The number of amides is 1. The second-order valence-electron chi connectivity index (χ2n) is 7.75. The van der Waals surface area contributed by atoms with Gasteiger partial charge >= 0.3 is 0 Å². The Morgan fingerprint density at radius 1 is 1.22 bits per heavy atom. The molecule has 0 aliphatic rings. The molecule has 1 amide bonds. The summed E-state index contributed by atoms with van der Waals surface area (Å²) >= 11 is 1.42. The van der Waals surface area contributed by atoms with Crippen molar-refractivity contribution in [2.24, 2.45) is 0 Å². The van der Waals surface area contributed by atoms with Crippen LogP contribution in [0.5, 0.6) is 5.75 Å². The summed E-state index contributed by atoms with van der Waals surface area (Å²) in [5, 5.41) is 3.57. The molecule has 3 aromatic rings. The van der Waals surface area contributed by atoms with E-state index in [-0.39, 0.29) is 11.4 Å². The molecule has 144 valence electrons. The number of hydrogen-bond acceptors (Lipinski definition) is 5. The van der Waals surface area contributed by atoms with E-state index in [9.17, 15) is 4.79 Å². The van der Waals surface area contributed by atoms with E-state index in [0.29, 0.717) is 4.88 Å². The maximum Gasteiger partial charge on any atom is 0.265 e. The summed E-state index contributed by atoms with van der Waals surface area (Å²) in [7, 11) is 5.18. The SMILES string of the molecule is COc1ccc(-c2nc3sc(C(=O)N(C)C)c(C)n3c2NC(C)(C)C)cc1. The molecule has 0 spiro atoms. The molecular formula is C20H26N4O2S. The van der Waals surface area contributed by atoms with E-state index in [2.05, 4.69) is 26.1 Å². The Labute approximate surface area is 163 Å². The van der Waals surface area contributed by atoms with Crippen LogP contribution in [0.25, 0.3) is 16.2 Å². The molecule has 0 saturated carbocycles. The number of carbonyl (C=O) groups is 1. The summed E-state index contributed by atoms with van der Waals surface area (Å²) in [5.74, 6) is 1.70. The van der Waals surface area contributed by atoms with Gasteiger partial charge in [-0.25, -0.2) is 4.98 Å². The minimum Gasteiger partial charge on any atom is -0.497 e. The number of nitrogens with one attached hydrogen (secondary N) is 1. The number of anilines is 1. The zero-order valence-electron chi connectivity index (χ0n) is 16.9. The molecule has 0 fully saturated rings. The molecule has 0 bridgehead atoms. The summed E-state index contributed by atoms with van der Waals surface area (Å²) in [6.45, 7) is 8.29. The van der Waals surface area contributed by atoms with Crippen LogP contribution >= 0.6 is 11.3 Å². The number of rotatable bonds is 4. The van der Waals surface area contributed by atoms with E-state index < -0.39 is 0 Å². The number of carbonyl (C=O) groups excluding carboxylic acids is 1. The second kappa shape index (κ2) is 6.88. The molecule has 0 unspecified atom stereocenters. The fraction of sp³-hybridized carbons (Fsp3) is 0.400. The number of benzene rings is 1. The van der Waals surface area contributed by atoms with Gasteiger partial charge < -0.3 is 15.0 Å². The normalized spacial score (nSPS) is 11.7. The molecule has 2 heterocycles. The molecule has 0 atom stereocenters. The Kier molecular flexibility index (Phi) is 4.90. The molecule has 0 aliphatic heterocycles. The summed E-state index contributed by atoms with van der Waals surface area (Å²) in [6.07, 6.45) is 0. The lowest BCUT2D eigenvalue weighted by molar-refractivity contribution is 0.0831. The van der Waals surface area contributed by atoms with Crippen molar-refractivity contribution in [3.8, 4) is 17.0 Å². The van der Waals surface area contributed by atoms with E-state index in [1.54, 1.807) is 26.1 Å². The van der Waals surface area contributed by atoms with Gasteiger partial charge in [-0.1, -0.05) is 11.3 Å². The number of thiazole rings is 1. The molecular weight excluding hydrogens is 360 g/mol. The van der Waals surface area contributed by atoms with Gasteiger partial charge in [0, 0.05) is 30.9 Å². The Hall–Kier alpha value is -2.54. The third-order valence-electron chi connectivity index (χ3n) is 4.16. The van der Waals surface area contributed by atoms with Gasteiger partial charge in [0.1, 0.15) is 22.1 Å². The minimum atomic E-state index is -0.155. The van der Waals surface area contributed by atoms with Crippen molar-refractivity contribution in [2.75, 3.05) is 26.5 Å². The second-order valence-corrected chi connectivity index (χ2v) is 8.72. The van der Waals surface area contributed by atoms with Crippen LogP contribution in [-0.4, -0.2) is 46.9 Å². The standard InChI is InChI=1S/C20H26N4O2S/c1-12-16(18(25)23(5)6)27-19-21-15(13-8-10-14(26-7)11-9-13)17(24(12)19)22-20(2,3)4/h8-11,22H,1-7H3. The van der Waals surface area contributed by atoms with E-state index in [1.165, 1.54) is 11.3 Å². The van der Waals surface area contributed by atoms with Crippen LogP contribution in [0.2, 0.25) is 0 Å². The highest BCUT2D eigenvalue weighted by molar-refractivity contribution is 7.19. The highest BCUT2D eigenvalue weighted by Gasteiger charge is 2.25. The van der Waals surface area contributed by atoms with Crippen LogP contribution in [0.15, 0.2) is 24.3 Å². The quantitative estimate of drug-likeness (QED) is 0.727. The Morgan fingerprint density at radius 2 is 1.85 bits per heavy atom. The lowest BCUT2D eigenvalue weighted by atomic mass is 10.1. The van der Waals surface area contributed by atoms with Crippen molar-refractivity contribution in [3.05, 3.63) is 34.8 Å². The number of nitrogens with zero attached hydrogens (tertiary/aromatic N) is 3. The van der Waals surface area contributed by atoms with Gasteiger partial charge in [0.15, 0.2) is 4.96 Å². The van der Waals surface area contributed by atoms with Crippen LogP contribution in [0, 0.1) is 6.92 Å². The third kappa shape index (κ3) is 3.64. The van der Waals surface area contributed by atoms with Gasteiger partial charge in [0.05, 0.1) is 7.11 Å². The van der Waals surface area contributed by atoms with Gasteiger partial charge in [-0.05, 0) is 52.0 Å². The fourth-order valence-corrected chi connectivity index (χ4v) is 4.02. The Bertz CT molecular complexity index is 978. The van der Waals surface area contributed by atoms with Crippen LogP contribution in [0.1, 0.15) is 36.1 Å². The van der Waals surface area contributed by atoms with Crippen LogP contribution in [0.3, 0.4) is 0 Å². The Morgan fingerprint density at radius 3 is 2.37 bits per heavy atom. The molecule has 6 nitrogen and oxygen atoms in total. The first kappa shape index (κ1) is 19.2. The maximum absolute atomic E-state index is 12.5. The molecule has 7 heteroatoms. The van der Waals surface area contributed by atoms with Crippen molar-refractivity contribution in [3.63, 3.8) is 0 Å². The summed E-state index contributed by atoms with van der Waals surface area (Å²) in [6, 6.07) is 7.86. The van der Waals surface area contributed by atoms with Crippen LogP contribution < -0.4 is 10.1 Å². The number of hydrogen-bond donors (Lipinski definition) is 1. The fourth-order valence-electron chi connectivity index (χ4n) is 2.87. The van der Waals surface area contributed by atoms with Crippen molar-refractivity contribution >= 4 is 28.0 Å². The number of aryl methyl sites for hydroxylation is 1. The zero-order valence-corrected chi connectivity index (χ0v) is 17.7. The number of aromatic nitrogens is 2. The van der Waals surface area contributed by atoms with E-state index in [4.69, 9.17) is 9.72 Å². The molecule has 0 radical (unpaired) electrons. The van der Waals surface area contributed by atoms with Gasteiger partial charge in [-0.3, -0.25) is 9.20 Å². The topological polar surface area (TPSA) is 58.9 Å². The molecule has 0 saturated heterocycles. The predicted octanol–water partition coefficient (Wildman–Crippen LogP) is 4.29. The first-order chi connectivity index (χ1) is 12.6. The van der Waals surface area contributed by atoms with Gasteiger partial charge in [-0.15, -0.1) is 0 Å². The third-order valence-corrected chi connectivity index (χ3v) is 5.29. The highest BCUT2D eigenvalue weighted by Crippen LogP contribution is 2.36. The molecule has 27 heavy (non-hydrogen) atoms. The van der Waals surface area contributed by atoms with E-state index >= 15 is 0 Å². The Balaban J connectivity index is 2.21. The number of ether oxygens (including phenoxy) is 1. The average Bonchev–Trinajstić information content (AvgIpc) is 3.10. The van der Waals surface area contributed by atoms with Crippen LogP contribution in [-0.2, 0) is 0 Å². The summed E-state index contributed by atoms with van der Waals surface area (Å²) < 4.78 is 7.31. The van der Waals surface area contributed by atoms with Crippen molar-refractivity contribution in [2.45, 2.75) is 33.2 Å². The average molecular weight is 387 g/mol. The molecule has 0 aliphatic carbocycles. The maximum atomic E-state index is 12.5. The minimum absolute atomic E-state index is 0.00398.